The Bertz CT molecular complexity index is 129. The first-order chi connectivity index (χ1) is 6.65. The number of rotatable bonds is 8. The fraction of sp³-hybridized carbons (Fsp3) is 1.00. The lowest BCUT2D eigenvalue weighted by Crippen LogP contribution is -2.37. The number of hydrogen-bond acceptors (Lipinski definition) is 4. The van der Waals surface area contributed by atoms with E-state index in [1.165, 1.54) is 0 Å². The van der Waals surface area contributed by atoms with E-state index in [4.69, 9.17) is 14.3 Å². The molecule has 0 rings (SSSR count). The molecule has 0 saturated carbocycles. The molecule has 0 aliphatic carbocycles. The normalized spacial score (nSPS) is 13.9. The lowest BCUT2D eigenvalue weighted by atomic mass is 10.3. The van der Waals surface area contributed by atoms with Gasteiger partial charge in [-0.15, -0.1) is 0 Å². The smallest absolute Gasteiger partial charge is 0.328 e. The number of hydrogen-bond donors (Lipinski definition) is 2. The van der Waals surface area contributed by atoms with Gasteiger partial charge in [0.25, 0.3) is 0 Å². The molecule has 2 N–H and O–H groups in total. The van der Waals surface area contributed by atoms with Crippen LogP contribution in [0.25, 0.3) is 0 Å². The van der Waals surface area contributed by atoms with Crippen molar-refractivity contribution in [2.75, 3.05) is 13.1 Å². The van der Waals surface area contributed by atoms with E-state index in [1.807, 2.05) is 6.92 Å². The lowest BCUT2D eigenvalue weighted by molar-refractivity contribution is 0.0135. The molecular formula is C9H22NO3P. The first-order valence-corrected chi connectivity index (χ1v) is 6.40. The molecule has 4 nitrogen and oxygen atoms in total. The van der Waals surface area contributed by atoms with Crippen molar-refractivity contribution >= 4 is 8.60 Å². The third-order valence-electron chi connectivity index (χ3n) is 1.99. The minimum atomic E-state index is -2.24. The van der Waals surface area contributed by atoms with Crippen LogP contribution in [0.15, 0.2) is 0 Å². The molecule has 0 aromatic heterocycles. The minimum absolute atomic E-state index is 0.156. The zero-order chi connectivity index (χ0) is 11.0. The quantitative estimate of drug-likeness (QED) is 0.488. The summed E-state index contributed by atoms with van der Waals surface area (Å²) in [5.41, 5.74) is 0. The lowest BCUT2D eigenvalue weighted by Gasteiger charge is -2.30. The predicted molar refractivity (Wildman–Crippen MR) is 58.7 cm³/mol. The van der Waals surface area contributed by atoms with Crippen LogP contribution in [0.1, 0.15) is 40.0 Å². The van der Waals surface area contributed by atoms with Gasteiger partial charge in [-0.05, 0) is 19.3 Å². The van der Waals surface area contributed by atoms with Crippen molar-refractivity contribution < 1.29 is 14.3 Å². The highest BCUT2D eigenvalue weighted by molar-refractivity contribution is 7.39. The highest BCUT2D eigenvalue weighted by atomic mass is 31.2. The summed E-state index contributed by atoms with van der Waals surface area (Å²) in [6.45, 7) is 8.08. The van der Waals surface area contributed by atoms with Gasteiger partial charge >= 0.3 is 8.60 Å². The van der Waals surface area contributed by atoms with E-state index in [1.54, 1.807) is 0 Å². The average molecular weight is 223 g/mol. The van der Waals surface area contributed by atoms with Crippen LogP contribution in [0.3, 0.4) is 0 Å². The van der Waals surface area contributed by atoms with E-state index in [9.17, 15) is 0 Å². The Morgan fingerprint density at radius 1 is 1.14 bits per heavy atom. The third-order valence-corrected chi connectivity index (χ3v) is 2.43. The Morgan fingerprint density at radius 3 is 1.93 bits per heavy atom. The van der Waals surface area contributed by atoms with E-state index >= 15 is 0 Å². The number of nitrogens with zero attached hydrogens (tertiary/aromatic N) is 1. The van der Waals surface area contributed by atoms with Gasteiger partial charge in [0.1, 0.15) is 6.23 Å². The molecule has 0 saturated heterocycles. The third kappa shape index (κ3) is 5.89. The molecule has 0 aliphatic heterocycles. The molecular weight excluding hydrogens is 201 g/mol. The van der Waals surface area contributed by atoms with Gasteiger partial charge in [-0.25, -0.2) is 0 Å². The van der Waals surface area contributed by atoms with Gasteiger partial charge in [0.2, 0.25) is 0 Å². The Hall–Kier alpha value is 0.270. The Kier molecular flexibility index (Phi) is 8.73. The van der Waals surface area contributed by atoms with Crippen molar-refractivity contribution in [1.82, 2.24) is 4.90 Å². The molecule has 0 spiro atoms. The summed E-state index contributed by atoms with van der Waals surface area (Å²) in [5, 5.41) is 0. The second-order valence-electron chi connectivity index (χ2n) is 3.26. The molecule has 0 aliphatic rings. The van der Waals surface area contributed by atoms with Gasteiger partial charge in [0, 0.05) is 13.1 Å². The molecule has 14 heavy (non-hydrogen) atoms. The molecule has 0 bridgehead atoms. The van der Waals surface area contributed by atoms with Gasteiger partial charge in [-0.3, -0.25) is 9.42 Å². The van der Waals surface area contributed by atoms with Crippen LogP contribution in [0.2, 0.25) is 0 Å². The second-order valence-corrected chi connectivity index (χ2v) is 3.97. The van der Waals surface area contributed by atoms with Crippen molar-refractivity contribution in [3.8, 4) is 0 Å². The summed E-state index contributed by atoms with van der Waals surface area (Å²) in [7, 11) is -2.24. The first kappa shape index (κ1) is 14.3. The summed E-state index contributed by atoms with van der Waals surface area (Å²) >= 11 is 0. The van der Waals surface area contributed by atoms with E-state index < -0.39 is 8.60 Å². The Morgan fingerprint density at radius 2 is 1.64 bits per heavy atom. The summed E-state index contributed by atoms with van der Waals surface area (Å²) in [4.78, 5) is 19.8. The molecule has 5 heteroatoms. The van der Waals surface area contributed by atoms with E-state index in [0.717, 1.165) is 32.4 Å². The summed E-state index contributed by atoms with van der Waals surface area (Å²) in [6.07, 6.45) is 2.72. The van der Waals surface area contributed by atoms with Crippen LogP contribution in [-0.2, 0) is 4.52 Å². The van der Waals surface area contributed by atoms with E-state index in [0.29, 0.717) is 0 Å². The maximum atomic E-state index is 8.81. The highest BCUT2D eigenvalue weighted by Gasteiger charge is 2.18. The van der Waals surface area contributed by atoms with Crippen LogP contribution in [0.5, 0.6) is 0 Å². The SMILES string of the molecule is CCCN(CCC)C(CC)OP(O)O. The van der Waals surface area contributed by atoms with Crippen LogP contribution in [0.4, 0.5) is 0 Å². The summed E-state index contributed by atoms with van der Waals surface area (Å²) in [6, 6.07) is 0. The first-order valence-electron chi connectivity index (χ1n) is 5.24. The predicted octanol–water partition coefficient (Wildman–Crippen LogP) is 2.07. The molecule has 0 aromatic rings. The maximum absolute atomic E-state index is 8.81. The van der Waals surface area contributed by atoms with Crippen LogP contribution in [-0.4, -0.2) is 34.0 Å². The molecule has 86 valence electrons. The monoisotopic (exact) mass is 223 g/mol. The van der Waals surface area contributed by atoms with Gasteiger partial charge in [-0.2, -0.15) is 0 Å². The van der Waals surface area contributed by atoms with Crippen molar-refractivity contribution in [2.24, 2.45) is 0 Å². The van der Waals surface area contributed by atoms with Crippen molar-refractivity contribution in [3.63, 3.8) is 0 Å². The van der Waals surface area contributed by atoms with Crippen LogP contribution >= 0.6 is 8.60 Å². The van der Waals surface area contributed by atoms with Gasteiger partial charge in [-0.1, -0.05) is 20.8 Å². The van der Waals surface area contributed by atoms with E-state index in [-0.39, 0.29) is 6.23 Å². The van der Waals surface area contributed by atoms with Crippen LogP contribution < -0.4 is 0 Å². The standard InChI is InChI=1S/C9H22NO3P/c1-4-7-10(8-5-2)9(6-3)13-14(11)12/h9,11-12H,4-8H2,1-3H3. The van der Waals surface area contributed by atoms with Gasteiger partial charge in [0.15, 0.2) is 0 Å². The average Bonchev–Trinajstić information content (AvgIpc) is 2.13. The molecule has 1 atom stereocenters. The molecule has 0 heterocycles. The summed E-state index contributed by atoms with van der Waals surface area (Å²) < 4.78 is 5.07. The zero-order valence-electron chi connectivity index (χ0n) is 9.31. The van der Waals surface area contributed by atoms with Crippen LogP contribution in [0, 0.1) is 0 Å². The highest BCUT2D eigenvalue weighted by Crippen LogP contribution is 2.29. The summed E-state index contributed by atoms with van der Waals surface area (Å²) in [5.74, 6) is 0. The van der Waals surface area contributed by atoms with E-state index in [2.05, 4.69) is 18.7 Å². The largest absolute Gasteiger partial charge is 0.328 e. The topological polar surface area (TPSA) is 52.9 Å². The van der Waals surface area contributed by atoms with Crippen molar-refractivity contribution in [1.29, 1.82) is 0 Å². The van der Waals surface area contributed by atoms with Crippen molar-refractivity contribution in [2.45, 2.75) is 46.3 Å². The fourth-order valence-corrected chi connectivity index (χ4v) is 1.98. The Labute approximate surface area is 87.9 Å². The second kappa shape index (κ2) is 8.57. The molecule has 0 radical (unpaired) electrons. The minimum Gasteiger partial charge on any atom is -0.328 e. The fourth-order valence-electron chi connectivity index (χ4n) is 1.48. The van der Waals surface area contributed by atoms with Gasteiger partial charge in [0.05, 0.1) is 0 Å². The Balaban J connectivity index is 4.10. The van der Waals surface area contributed by atoms with Gasteiger partial charge < -0.3 is 9.79 Å². The molecule has 1 unspecified atom stereocenters. The molecule has 0 aromatic carbocycles. The molecule has 0 amide bonds. The molecule has 0 fully saturated rings. The maximum Gasteiger partial charge on any atom is 0.328 e. The van der Waals surface area contributed by atoms with Crippen molar-refractivity contribution in [3.05, 3.63) is 0 Å². The zero-order valence-corrected chi connectivity index (χ0v) is 10.2.